The van der Waals surface area contributed by atoms with Crippen molar-refractivity contribution in [3.8, 4) is 0 Å². The zero-order chi connectivity index (χ0) is 55.5. The fourth-order valence-electron chi connectivity index (χ4n) is 15.5. The van der Waals surface area contributed by atoms with Gasteiger partial charge in [0.25, 0.3) is 13.4 Å². The van der Waals surface area contributed by atoms with Gasteiger partial charge in [-0.15, -0.1) is 0 Å². The van der Waals surface area contributed by atoms with Crippen molar-refractivity contribution < 1.29 is 4.42 Å². The molecule has 5 nitrogen and oxygen atoms in total. The maximum atomic E-state index is 7.19. The predicted molar refractivity (Wildman–Crippen MR) is 355 cm³/mol. The number of para-hydroxylation sites is 7. The van der Waals surface area contributed by atoms with E-state index >= 15 is 0 Å². The zero-order valence-electron chi connectivity index (χ0n) is 47.6. The first-order chi connectivity index (χ1) is 40.7. The van der Waals surface area contributed by atoms with E-state index in [0.717, 1.165) is 44.7 Å². The van der Waals surface area contributed by atoms with Gasteiger partial charge < -0.3 is 24.0 Å². The molecule has 0 saturated heterocycles. The van der Waals surface area contributed by atoms with Gasteiger partial charge in [0.1, 0.15) is 11.2 Å². The first-order valence-electron chi connectivity index (χ1n) is 29.9. The molecule has 0 amide bonds. The van der Waals surface area contributed by atoms with Crippen molar-refractivity contribution >= 4 is 159 Å². The van der Waals surface area contributed by atoms with Gasteiger partial charge in [0.2, 0.25) is 6.71 Å². The second-order valence-corrected chi connectivity index (χ2v) is 24.4. The molecule has 11 aromatic carbocycles. The molecule has 1 aromatic heterocycles. The third-order valence-corrected chi connectivity index (χ3v) is 19.0. The van der Waals surface area contributed by atoms with Crippen molar-refractivity contribution in [1.82, 2.24) is 0 Å². The van der Waals surface area contributed by atoms with Crippen LogP contribution in [0.2, 0.25) is 0 Å². The quantitative estimate of drug-likeness (QED) is 0.148. The van der Waals surface area contributed by atoms with Crippen LogP contribution in [0.3, 0.4) is 0 Å². The molecule has 12 aromatic rings. The van der Waals surface area contributed by atoms with Crippen LogP contribution in [0.1, 0.15) is 76.0 Å². The van der Waals surface area contributed by atoms with E-state index in [9.17, 15) is 0 Å². The second-order valence-electron chi connectivity index (χ2n) is 24.4. The van der Waals surface area contributed by atoms with E-state index < -0.39 is 0 Å². The number of fused-ring (bicyclic) bond motifs is 16. The number of hydrogen-bond donors (Lipinski definition) is 0. The van der Waals surface area contributed by atoms with Gasteiger partial charge in [0.15, 0.2) is 0 Å². The molecule has 0 radical (unpaired) electrons. The third-order valence-electron chi connectivity index (χ3n) is 19.0. The summed E-state index contributed by atoms with van der Waals surface area (Å²) in [6.07, 6.45) is 0. The van der Waals surface area contributed by atoms with Crippen LogP contribution in [0, 0.1) is 0 Å². The summed E-state index contributed by atoms with van der Waals surface area (Å²) in [5.74, 6) is 1.00. The van der Waals surface area contributed by atoms with Gasteiger partial charge in [-0.05, 0) is 163 Å². The highest BCUT2D eigenvalue weighted by molar-refractivity contribution is 7.06. The lowest BCUT2D eigenvalue weighted by molar-refractivity contribution is 0.671. The smallest absolute Gasteiger partial charge is 0.257 e. The molecule has 5 aliphatic heterocycles. The number of hydrogen-bond acceptors (Lipinski definition) is 5. The monoisotopic (exact) mass is 1060 g/mol. The van der Waals surface area contributed by atoms with Crippen molar-refractivity contribution in [2.24, 2.45) is 0 Å². The summed E-state index contributed by atoms with van der Waals surface area (Å²) in [5, 5.41) is 2.28. The average molecular weight is 1060 g/mol. The Morgan fingerprint density at radius 2 is 0.735 bits per heavy atom. The minimum absolute atomic E-state index is 0.0512. The molecule has 0 N–H and O–H groups in total. The molecule has 0 spiro atoms. The Hall–Kier alpha value is -9.39. The lowest BCUT2D eigenvalue weighted by Crippen LogP contribution is -2.69. The average Bonchev–Trinajstić information content (AvgIpc) is 1.16. The molecule has 17 rings (SSSR count). The van der Waals surface area contributed by atoms with Crippen LogP contribution in [0.4, 0.5) is 68.2 Å². The normalized spacial score (nSPS) is 14.1. The zero-order valence-corrected chi connectivity index (χ0v) is 47.6. The van der Waals surface area contributed by atoms with Gasteiger partial charge in [0, 0.05) is 79.0 Å². The van der Waals surface area contributed by atoms with Crippen LogP contribution in [0.5, 0.6) is 0 Å². The number of benzene rings is 11. The van der Waals surface area contributed by atoms with Crippen molar-refractivity contribution in [1.29, 1.82) is 0 Å². The molecule has 0 fully saturated rings. The first-order valence-corrected chi connectivity index (χ1v) is 29.9. The van der Waals surface area contributed by atoms with Gasteiger partial charge in [-0.1, -0.05) is 193 Å². The number of rotatable bonds is 7. The molecule has 0 atom stereocenters. The van der Waals surface area contributed by atoms with Gasteiger partial charge in [-0.3, -0.25) is 0 Å². The summed E-state index contributed by atoms with van der Waals surface area (Å²) >= 11 is 0. The predicted octanol–water partition coefficient (Wildman–Crippen LogP) is 14.0. The van der Waals surface area contributed by atoms with Crippen molar-refractivity contribution in [3.63, 3.8) is 0 Å². The molecular formula is C75H59B3N4O. The van der Waals surface area contributed by atoms with E-state index in [4.69, 9.17) is 4.42 Å². The Kier molecular flexibility index (Phi) is 10.5. The Labute approximate surface area is 487 Å². The fraction of sp³-hybridized carbons (Fsp3) is 0.120. The molecule has 0 saturated carbocycles. The molecule has 5 aliphatic rings. The van der Waals surface area contributed by atoms with Crippen molar-refractivity contribution in [2.45, 2.75) is 59.3 Å². The standard InChI is InChI=1S/C75H59B3N4O/c1-45(2)48-40-54(46(3)4)70(55(41-48)47(5)6)76-56-31-17-20-34-61(56)79(49-24-10-7-11-25-49)65-43-66-60(42-59(65)76)77-57-32-18-22-36-63(57)82-64-39-38-53-52-30-16-23-37-69(52)83-75(53)73(64)78-58-33-19-21-35-62(58)80(50-26-12-8-13-27-50)68-44-67(71(77)74(82)72(68)78)81(66)51-28-14-9-15-29-51/h7-47H,1-6H3. The van der Waals surface area contributed by atoms with E-state index in [1.165, 1.54) is 111 Å². The Morgan fingerprint density at radius 3 is 1.28 bits per heavy atom. The lowest BCUT2D eigenvalue weighted by atomic mass is 9.28. The van der Waals surface area contributed by atoms with E-state index in [1.807, 2.05) is 0 Å². The lowest BCUT2D eigenvalue weighted by Gasteiger charge is -2.51. The molecule has 0 aliphatic carbocycles. The summed E-state index contributed by atoms with van der Waals surface area (Å²) in [4.78, 5) is 10.4. The molecule has 0 bridgehead atoms. The van der Waals surface area contributed by atoms with Crippen LogP contribution in [-0.2, 0) is 0 Å². The molecule has 83 heavy (non-hydrogen) atoms. The largest absolute Gasteiger partial charge is 0.457 e. The highest BCUT2D eigenvalue weighted by Gasteiger charge is 2.53. The van der Waals surface area contributed by atoms with Crippen LogP contribution in [-0.4, -0.2) is 20.1 Å². The Balaban J connectivity index is 1.03. The van der Waals surface area contributed by atoms with E-state index in [2.05, 4.69) is 292 Å². The van der Waals surface area contributed by atoms with E-state index in [-0.39, 0.29) is 20.1 Å². The summed E-state index contributed by atoms with van der Waals surface area (Å²) < 4.78 is 7.19. The van der Waals surface area contributed by atoms with Crippen molar-refractivity contribution in [3.05, 3.63) is 247 Å². The van der Waals surface area contributed by atoms with E-state index in [1.54, 1.807) is 0 Å². The van der Waals surface area contributed by atoms with Gasteiger partial charge >= 0.3 is 0 Å². The summed E-state index contributed by atoms with van der Waals surface area (Å²) in [7, 11) is 0. The van der Waals surface area contributed by atoms with Crippen LogP contribution in [0.15, 0.2) is 235 Å². The maximum Gasteiger partial charge on any atom is 0.257 e. The highest BCUT2D eigenvalue weighted by atomic mass is 16.3. The molecule has 394 valence electrons. The first kappa shape index (κ1) is 48.3. The SMILES string of the molecule is CC(C)c1cc(C(C)C)c(B2c3ccccc3N(c3ccccc3)c3cc4c(cc32)B2c3ccccc3N3c5ccc6c(oc7ccccc76)c5B5c6ccccc6N(c6ccccc6)c6cc(c2c3c65)N4c2ccccc2)c(C(C)C)c1. The minimum Gasteiger partial charge on any atom is -0.457 e. The molecular weight excluding hydrogens is 1010 g/mol. The third kappa shape index (κ3) is 6.75. The van der Waals surface area contributed by atoms with Gasteiger partial charge in [-0.2, -0.15) is 0 Å². The van der Waals surface area contributed by atoms with Crippen LogP contribution in [0.25, 0.3) is 21.9 Å². The van der Waals surface area contributed by atoms with Crippen LogP contribution >= 0.6 is 0 Å². The summed E-state index contributed by atoms with van der Waals surface area (Å²) in [5.41, 5.74) is 32.1. The van der Waals surface area contributed by atoms with Gasteiger partial charge in [0.05, 0.1) is 0 Å². The maximum absolute atomic E-state index is 7.19. The number of nitrogens with zero attached hydrogens (tertiary/aromatic N) is 4. The molecule has 8 heteroatoms. The minimum atomic E-state index is -0.143. The fourth-order valence-corrected chi connectivity index (χ4v) is 15.5. The second kappa shape index (κ2) is 18.1. The Bertz CT molecular complexity index is 4640. The van der Waals surface area contributed by atoms with Crippen LogP contribution < -0.4 is 68.8 Å². The molecule has 6 heterocycles. The summed E-state index contributed by atoms with van der Waals surface area (Å²) in [6.45, 7) is 14.0. The summed E-state index contributed by atoms with van der Waals surface area (Å²) in [6, 6.07) is 87.3. The van der Waals surface area contributed by atoms with Crippen molar-refractivity contribution in [2.75, 3.05) is 19.6 Å². The highest BCUT2D eigenvalue weighted by Crippen LogP contribution is 2.52. The Morgan fingerprint density at radius 1 is 0.301 bits per heavy atom. The molecule has 0 unspecified atom stereocenters. The topological polar surface area (TPSA) is 26.1 Å². The van der Waals surface area contributed by atoms with E-state index in [0.29, 0.717) is 17.8 Å². The number of anilines is 12. The van der Waals surface area contributed by atoms with Gasteiger partial charge in [-0.25, -0.2) is 0 Å². The number of furan rings is 1.